The Bertz CT molecular complexity index is 544. The predicted octanol–water partition coefficient (Wildman–Crippen LogP) is 3.96. The van der Waals surface area contributed by atoms with Crippen molar-refractivity contribution in [2.24, 2.45) is 0 Å². The zero-order valence-corrected chi connectivity index (χ0v) is 13.1. The first-order valence-electron chi connectivity index (χ1n) is 8.18. The molecule has 21 heavy (non-hydrogen) atoms. The third kappa shape index (κ3) is 3.14. The topological polar surface area (TPSA) is 28.4 Å². The number of benzene rings is 1. The van der Waals surface area contributed by atoms with Crippen LogP contribution in [0.5, 0.6) is 0 Å². The highest BCUT2D eigenvalue weighted by atomic mass is 16.3. The Hall–Kier alpha value is -1.32. The fraction of sp³-hybridized carbons (Fsp3) is 0.556. The first-order valence-corrected chi connectivity index (χ1v) is 8.18. The molecule has 1 aromatic heterocycles. The van der Waals surface area contributed by atoms with E-state index in [1.807, 2.05) is 13.1 Å². The molecule has 2 atom stereocenters. The number of hydrogen-bond donors (Lipinski definition) is 1. The largest absolute Gasteiger partial charge is 0.459 e. The van der Waals surface area contributed by atoms with Gasteiger partial charge in [0, 0.05) is 11.4 Å². The number of para-hydroxylation sites is 1. The maximum absolute atomic E-state index is 6.08. The van der Waals surface area contributed by atoms with Gasteiger partial charge in [-0.3, -0.25) is 4.90 Å². The molecule has 3 heteroatoms. The number of rotatable bonds is 5. The third-order valence-electron chi connectivity index (χ3n) is 4.75. The van der Waals surface area contributed by atoms with Crippen LogP contribution in [0.25, 0.3) is 11.0 Å². The number of hydrogen-bond acceptors (Lipinski definition) is 3. The van der Waals surface area contributed by atoms with E-state index in [0.29, 0.717) is 12.1 Å². The van der Waals surface area contributed by atoms with Gasteiger partial charge in [0.2, 0.25) is 0 Å². The molecule has 0 aliphatic carbocycles. The van der Waals surface area contributed by atoms with E-state index in [1.165, 1.54) is 37.6 Å². The second-order valence-corrected chi connectivity index (χ2v) is 6.14. The number of fused-ring (bicyclic) bond motifs is 1. The van der Waals surface area contributed by atoms with E-state index in [2.05, 4.69) is 41.4 Å². The molecular formula is C18H26N2O. The van der Waals surface area contributed by atoms with Gasteiger partial charge in [-0.25, -0.2) is 0 Å². The molecular weight excluding hydrogens is 260 g/mol. The summed E-state index contributed by atoms with van der Waals surface area (Å²) in [5.74, 6) is 1.10. The molecule has 3 nitrogen and oxygen atoms in total. The van der Waals surface area contributed by atoms with Crippen molar-refractivity contribution < 1.29 is 4.42 Å². The molecule has 1 fully saturated rings. The molecule has 114 valence electrons. The highest BCUT2D eigenvalue weighted by molar-refractivity contribution is 5.77. The van der Waals surface area contributed by atoms with Crippen molar-refractivity contribution in [1.82, 2.24) is 10.2 Å². The first-order chi connectivity index (χ1) is 10.3. The average molecular weight is 286 g/mol. The van der Waals surface area contributed by atoms with E-state index < -0.39 is 0 Å². The summed E-state index contributed by atoms with van der Waals surface area (Å²) in [7, 11) is 2.04. The Labute approximate surface area is 127 Å². The monoisotopic (exact) mass is 286 g/mol. The zero-order valence-electron chi connectivity index (χ0n) is 13.1. The molecule has 1 saturated heterocycles. The molecule has 3 rings (SSSR count). The zero-order chi connectivity index (χ0) is 14.7. The normalized spacial score (nSPS) is 21.7. The number of nitrogens with zero attached hydrogens (tertiary/aromatic N) is 1. The molecule has 0 amide bonds. The molecule has 1 N–H and O–H groups in total. The smallest absolute Gasteiger partial charge is 0.134 e. The molecule has 1 aliphatic rings. The number of furan rings is 1. The van der Waals surface area contributed by atoms with Crippen LogP contribution in [0.1, 0.15) is 44.4 Å². The first kappa shape index (κ1) is 14.6. The highest BCUT2D eigenvalue weighted by Crippen LogP contribution is 2.32. The quantitative estimate of drug-likeness (QED) is 0.902. The second kappa shape index (κ2) is 6.63. The van der Waals surface area contributed by atoms with Crippen molar-refractivity contribution in [1.29, 1.82) is 0 Å². The van der Waals surface area contributed by atoms with Crippen LogP contribution in [-0.2, 0) is 0 Å². The lowest BCUT2D eigenvalue weighted by molar-refractivity contribution is 0.0869. The van der Waals surface area contributed by atoms with E-state index >= 15 is 0 Å². The van der Waals surface area contributed by atoms with Gasteiger partial charge >= 0.3 is 0 Å². The summed E-state index contributed by atoms with van der Waals surface area (Å²) in [6.07, 6.45) is 5.20. The molecule has 0 bridgehead atoms. The van der Waals surface area contributed by atoms with Gasteiger partial charge in [-0.1, -0.05) is 24.6 Å². The molecule has 2 heterocycles. The summed E-state index contributed by atoms with van der Waals surface area (Å²) in [5, 5.41) is 4.50. The summed E-state index contributed by atoms with van der Waals surface area (Å²) in [6.45, 7) is 4.57. The molecule has 0 spiro atoms. The molecule has 0 radical (unpaired) electrons. The summed E-state index contributed by atoms with van der Waals surface area (Å²) in [5.41, 5.74) is 1.00. The standard InChI is InChI=1S/C18H26N2O/c1-14(18-13-15-7-3-4-9-17(15)21-18)20-12-6-5-8-16(20)10-11-19-2/h3-4,7,9,13-14,16,19H,5-6,8,10-12H2,1-2H3. The lowest BCUT2D eigenvalue weighted by Gasteiger charge is -2.39. The van der Waals surface area contributed by atoms with Crippen molar-refractivity contribution in [2.75, 3.05) is 20.1 Å². The van der Waals surface area contributed by atoms with Crippen molar-refractivity contribution in [3.05, 3.63) is 36.1 Å². The molecule has 0 saturated carbocycles. The van der Waals surface area contributed by atoms with Crippen LogP contribution in [0.15, 0.2) is 34.7 Å². The van der Waals surface area contributed by atoms with Crippen molar-refractivity contribution in [2.45, 2.75) is 44.7 Å². The Balaban J connectivity index is 1.79. The second-order valence-electron chi connectivity index (χ2n) is 6.14. The minimum Gasteiger partial charge on any atom is -0.459 e. The van der Waals surface area contributed by atoms with Crippen LogP contribution in [0.4, 0.5) is 0 Å². The van der Waals surface area contributed by atoms with Gasteiger partial charge in [0.15, 0.2) is 0 Å². The van der Waals surface area contributed by atoms with Crippen LogP contribution >= 0.6 is 0 Å². The van der Waals surface area contributed by atoms with Crippen molar-refractivity contribution >= 4 is 11.0 Å². The summed E-state index contributed by atoms with van der Waals surface area (Å²) in [6, 6.07) is 11.5. The van der Waals surface area contributed by atoms with Gasteiger partial charge in [0.05, 0.1) is 6.04 Å². The number of piperidine rings is 1. The van der Waals surface area contributed by atoms with E-state index in [1.54, 1.807) is 0 Å². The van der Waals surface area contributed by atoms with Gasteiger partial charge in [-0.15, -0.1) is 0 Å². The van der Waals surface area contributed by atoms with Gasteiger partial charge in [0.1, 0.15) is 11.3 Å². The SMILES string of the molecule is CNCCC1CCCCN1C(C)c1cc2ccccc2o1. The summed E-state index contributed by atoms with van der Waals surface area (Å²) < 4.78 is 6.08. The van der Waals surface area contributed by atoms with Gasteiger partial charge in [0.25, 0.3) is 0 Å². The van der Waals surface area contributed by atoms with E-state index in [9.17, 15) is 0 Å². The lowest BCUT2D eigenvalue weighted by Crippen LogP contribution is -2.42. The highest BCUT2D eigenvalue weighted by Gasteiger charge is 2.28. The fourth-order valence-corrected chi connectivity index (χ4v) is 3.53. The maximum atomic E-state index is 6.08. The maximum Gasteiger partial charge on any atom is 0.134 e. The Kier molecular flexibility index (Phi) is 4.61. The average Bonchev–Trinajstić information content (AvgIpc) is 2.96. The van der Waals surface area contributed by atoms with Crippen LogP contribution < -0.4 is 5.32 Å². The Morgan fingerprint density at radius 3 is 3.00 bits per heavy atom. The Morgan fingerprint density at radius 1 is 1.33 bits per heavy atom. The Morgan fingerprint density at radius 2 is 2.19 bits per heavy atom. The number of nitrogens with one attached hydrogen (secondary N) is 1. The minimum absolute atomic E-state index is 0.361. The molecule has 2 unspecified atom stereocenters. The molecule has 1 aromatic carbocycles. The van der Waals surface area contributed by atoms with E-state index in [-0.39, 0.29) is 0 Å². The van der Waals surface area contributed by atoms with Crippen LogP contribution in [0.3, 0.4) is 0 Å². The van der Waals surface area contributed by atoms with Gasteiger partial charge < -0.3 is 9.73 Å². The summed E-state index contributed by atoms with van der Waals surface area (Å²) >= 11 is 0. The fourth-order valence-electron chi connectivity index (χ4n) is 3.53. The third-order valence-corrected chi connectivity index (χ3v) is 4.75. The lowest BCUT2D eigenvalue weighted by atomic mass is 9.96. The van der Waals surface area contributed by atoms with Gasteiger partial charge in [-0.2, -0.15) is 0 Å². The molecule has 2 aromatic rings. The van der Waals surface area contributed by atoms with E-state index in [4.69, 9.17) is 4.42 Å². The van der Waals surface area contributed by atoms with Crippen molar-refractivity contribution in [3.8, 4) is 0 Å². The predicted molar refractivity (Wildman–Crippen MR) is 87.5 cm³/mol. The van der Waals surface area contributed by atoms with Crippen molar-refractivity contribution in [3.63, 3.8) is 0 Å². The van der Waals surface area contributed by atoms with Crippen LogP contribution in [0, 0.1) is 0 Å². The minimum atomic E-state index is 0.361. The van der Waals surface area contributed by atoms with Crippen LogP contribution in [-0.4, -0.2) is 31.1 Å². The molecule has 1 aliphatic heterocycles. The number of likely N-dealkylation sites (tertiary alicyclic amines) is 1. The van der Waals surface area contributed by atoms with Gasteiger partial charge in [-0.05, 0) is 58.5 Å². The van der Waals surface area contributed by atoms with E-state index in [0.717, 1.165) is 17.9 Å². The van der Waals surface area contributed by atoms with Crippen LogP contribution in [0.2, 0.25) is 0 Å². The summed E-state index contributed by atoms with van der Waals surface area (Å²) in [4.78, 5) is 2.64.